The van der Waals surface area contributed by atoms with Gasteiger partial charge in [0.05, 0.1) is 11.1 Å². The molecule has 2 bridgehead atoms. The molecule has 122 valence electrons. The Kier molecular flexibility index (Phi) is 3.35. The van der Waals surface area contributed by atoms with Crippen LogP contribution in [0.3, 0.4) is 0 Å². The van der Waals surface area contributed by atoms with Gasteiger partial charge in [-0.1, -0.05) is 0 Å². The van der Waals surface area contributed by atoms with Gasteiger partial charge in [-0.05, 0) is 30.9 Å². The number of pyridine rings is 1. The lowest BCUT2D eigenvalue weighted by atomic mass is 9.96. The summed E-state index contributed by atoms with van der Waals surface area (Å²) in [5, 5.41) is 11.9. The van der Waals surface area contributed by atoms with Gasteiger partial charge in [0.2, 0.25) is 5.91 Å². The smallest absolute Gasteiger partial charge is 0.276 e. The van der Waals surface area contributed by atoms with Gasteiger partial charge >= 0.3 is 0 Å². The molecule has 0 radical (unpaired) electrons. The Morgan fingerprint density at radius 1 is 1.57 bits per heavy atom. The van der Waals surface area contributed by atoms with E-state index in [0.29, 0.717) is 5.56 Å². The number of nitrogens with zero attached hydrogens (tertiary/aromatic N) is 2. The highest BCUT2D eigenvalue weighted by Gasteiger charge is 2.50. The third-order valence-corrected chi connectivity index (χ3v) is 5.38. The molecule has 1 aliphatic carbocycles. The van der Waals surface area contributed by atoms with Gasteiger partial charge in [-0.25, -0.2) is 5.48 Å². The van der Waals surface area contributed by atoms with Crippen molar-refractivity contribution in [1.29, 1.82) is 0 Å². The topological polar surface area (TPSA) is 94.6 Å². The molecule has 3 N–H and O–H groups in total. The summed E-state index contributed by atoms with van der Waals surface area (Å²) < 4.78 is 0. The number of amides is 2. The normalized spacial score (nSPS) is 29.3. The van der Waals surface area contributed by atoms with Crippen LogP contribution < -0.4 is 10.8 Å². The van der Waals surface area contributed by atoms with Crippen molar-refractivity contribution in [3.63, 3.8) is 0 Å². The average molecular weight is 316 g/mol. The van der Waals surface area contributed by atoms with Gasteiger partial charge in [-0.3, -0.25) is 24.7 Å². The molecule has 3 aliphatic rings. The van der Waals surface area contributed by atoms with Crippen molar-refractivity contribution >= 4 is 11.8 Å². The number of piperidine rings is 1. The lowest BCUT2D eigenvalue weighted by Gasteiger charge is -2.36. The van der Waals surface area contributed by atoms with Crippen molar-refractivity contribution in [2.24, 2.45) is 5.92 Å². The molecular weight excluding hydrogens is 296 g/mol. The Hall–Kier alpha value is -1.99. The maximum Gasteiger partial charge on any atom is 0.276 e. The van der Waals surface area contributed by atoms with E-state index < -0.39 is 5.91 Å². The molecule has 2 atom stereocenters. The van der Waals surface area contributed by atoms with E-state index in [2.05, 4.69) is 15.2 Å². The summed E-state index contributed by atoms with van der Waals surface area (Å²) in [6, 6.07) is 1.79. The Bertz CT molecular complexity index is 677. The highest BCUT2D eigenvalue weighted by molar-refractivity contribution is 5.93. The monoisotopic (exact) mass is 316 g/mol. The van der Waals surface area contributed by atoms with Crippen molar-refractivity contribution in [2.75, 3.05) is 13.1 Å². The number of carbonyl (C=O) groups is 2. The molecule has 4 rings (SSSR count). The molecule has 7 nitrogen and oxygen atoms in total. The highest BCUT2D eigenvalue weighted by atomic mass is 16.5. The molecule has 1 aromatic heterocycles. The summed E-state index contributed by atoms with van der Waals surface area (Å²) in [7, 11) is 0. The van der Waals surface area contributed by atoms with Crippen LogP contribution >= 0.6 is 0 Å². The number of carbonyl (C=O) groups excluding carboxylic acids is 2. The van der Waals surface area contributed by atoms with E-state index >= 15 is 0 Å². The Balaban J connectivity index is 1.50. The number of rotatable bonds is 3. The average Bonchev–Trinajstić information content (AvgIpc) is 3.10. The lowest BCUT2D eigenvalue weighted by molar-refractivity contribution is -0.124. The summed E-state index contributed by atoms with van der Waals surface area (Å²) in [4.78, 5) is 30.0. The summed E-state index contributed by atoms with van der Waals surface area (Å²) in [6.45, 7) is 2.48. The van der Waals surface area contributed by atoms with Gasteiger partial charge in [0, 0.05) is 43.9 Å². The first-order valence-electron chi connectivity index (χ1n) is 8.05. The maximum absolute atomic E-state index is 11.8. The summed E-state index contributed by atoms with van der Waals surface area (Å²) in [6.07, 6.45) is 5.33. The molecule has 2 amide bonds. The molecule has 7 heteroatoms. The standard InChI is InChI=1S/C16H20N4O3/c21-14-10-1-3-16(6-10,18-14)9-20-4-2-13-12(8-20)5-11(7-17-13)15(22)19-23/h5,7,10,23H,1-4,6,8-9H2,(H,18,21)(H,19,22). The maximum atomic E-state index is 11.8. The molecule has 3 heterocycles. The first-order chi connectivity index (χ1) is 11.1. The van der Waals surface area contributed by atoms with Gasteiger partial charge in [-0.2, -0.15) is 0 Å². The van der Waals surface area contributed by atoms with Gasteiger partial charge < -0.3 is 5.32 Å². The highest BCUT2D eigenvalue weighted by Crippen LogP contribution is 2.41. The molecule has 2 fully saturated rings. The number of hydrogen-bond donors (Lipinski definition) is 3. The summed E-state index contributed by atoms with van der Waals surface area (Å²) in [5.74, 6) is -0.136. The fraction of sp³-hybridized carbons (Fsp3) is 0.562. The van der Waals surface area contributed by atoms with Crippen LogP contribution in [0.5, 0.6) is 0 Å². The minimum Gasteiger partial charge on any atom is -0.349 e. The Morgan fingerprint density at radius 2 is 2.43 bits per heavy atom. The first-order valence-corrected chi connectivity index (χ1v) is 8.05. The molecule has 2 unspecified atom stereocenters. The quantitative estimate of drug-likeness (QED) is 0.548. The second-order valence-corrected chi connectivity index (χ2v) is 6.94. The fourth-order valence-electron chi connectivity index (χ4n) is 4.25. The zero-order valence-corrected chi connectivity index (χ0v) is 12.8. The zero-order chi connectivity index (χ0) is 16.0. The van der Waals surface area contributed by atoms with Crippen LogP contribution in [-0.4, -0.2) is 45.5 Å². The number of hydrogen-bond acceptors (Lipinski definition) is 5. The van der Waals surface area contributed by atoms with Crippen LogP contribution in [0.1, 0.15) is 40.9 Å². The van der Waals surface area contributed by atoms with Crippen molar-refractivity contribution in [3.05, 3.63) is 29.1 Å². The van der Waals surface area contributed by atoms with E-state index in [9.17, 15) is 9.59 Å². The molecule has 0 spiro atoms. The molecule has 1 aromatic rings. The van der Waals surface area contributed by atoms with Gasteiger partial charge in [0.1, 0.15) is 0 Å². The largest absolute Gasteiger partial charge is 0.349 e. The van der Waals surface area contributed by atoms with Crippen LogP contribution in [0.4, 0.5) is 0 Å². The zero-order valence-electron chi connectivity index (χ0n) is 12.8. The number of hydroxylamine groups is 1. The van der Waals surface area contributed by atoms with E-state index in [4.69, 9.17) is 5.21 Å². The van der Waals surface area contributed by atoms with Crippen molar-refractivity contribution in [2.45, 2.75) is 37.8 Å². The van der Waals surface area contributed by atoms with Gasteiger partial charge in [0.25, 0.3) is 5.91 Å². The van der Waals surface area contributed by atoms with Crippen LogP contribution in [-0.2, 0) is 17.8 Å². The third-order valence-electron chi connectivity index (χ3n) is 5.38. The molecule has 0 aromatic carbocycles. The molecular formula is C16H20N4O3. The second kappa shape index (κ2) is 5.28. The predicted octanol–water partition coefficient (Wildman–Crippen LogP) is 0.227. The van der Waals surface area contributed by atoms with Crippen molar-refractivity contribution in [1.82, 2.24) is 20.7 Å². The third kappa shape index (κ3) is 2.49. The Labute approximate surface area is 134 Å². The predicted molar refractivity (Wildman–Crippen MR) is 80.7 cm³/mol. The van der Waals surface area contributed by atoms with Crippen LogP contribution in [0, 0.1) is 5.92 Å². The van der Waals surface area contributed by atoms with E-state index in [1.165, 1.54) is 6.20 Å². The Morgan fingerprint density at radius 3 is 3.13 bits per heavy atom. The molecule has 1 saturated heterocycles. The molecule has 23 heavy (non-hydrogen) atoms. The van der Waals surface area contributed by atoms with E-state index in [-0.39, 0.29) is 17.4 Å². The van der Waals surface area contributed by atoms with E-state index in [0.717, 1.165) is 56.6 Å². The van der Waals surface area contributed by atoms with Crippen LogP contribution in [0.15, 0.2) is 12.3 Å². The number of fused-ring (bicyclic) bond motifs is 3. The summed E-state index contributed by atoms with van der Waals surface area (Å²) in [5.41, 5.74) is 3.97. The minimum atomic E-state index is -0.544. The summed E-state index contributed by atoms with van der Waals surface area (Å²) >= 11 is 0. The minimum absolute atomic E-state index is 0.0627. The van der Waals surface area contributed by atoms with Gasteiger partial charge in [-0.15, -0.1) is 0 Å². The number of aromatic nitrogens is 1. The SMILES string of the molecule is O=C(NO)c1cnc2c(c1)CN(CC13CCC(C1)C(=O)N3)CC2. The molecule has 2 aliphatic heterocycles. The second-order valence-electron chi connectivity index (χ2n) is 6.94. The van der Waals surface area contributed by atoms with E-state index in [1.807, 2.05) is 0 Å². The van der Waals surface area contributed by atoms with Crippen molar-refractivity contribution in [3.8, 4) is 0 Å². The lowest BCUT2D eigenvalue weighted by Crippen LogP contribution is -2.52. The number of nitrogens with one attached hydrogen (secondary N) is 2. The van der Waals surface area contributed by atoms with E-state index in [1.54, 1.807) is 11.5 Å². The van der Waals surface area contributed by atoms with Gasteiger partial charge in [0.15, 0.2) is 0 Å². The van der Waals surface area contributed by atoms with Crippen LogP contribution in [0.2, 0.25) is 0 Å². The van der Waals surface area contributed by atoms with Crippen molar-refractivity contribution < 1.29 is 14.8 Å². The van der Waals surface area contributed by atoms with Crippen LogP contribution in [0.25, 0.3) is 0 Å². The molecule has 1 saturated carbocycles. The first kappa shape index (κ1) is 14.6. The fourth-order valence-corrected chi connectivity index (χ4v) is 4.25.